The summed E-state index contributed by atoms with van der Waals surface area (Å²) in [7, 11) is 0. The zero-order valence-electron chi connectivity index (χ0n) is 9.17. The fourth-order valence-electron chi connectivity index (χ4n) is 2.35. The number of anilines is 1. The molecular formula is C13H18IN. The van der Waals surface area contributed by atoms with Crippen molar-refractivity contribution in [1.82, 2.24) is 0 Å². The largest absolute Gasteiger partial charge is 0.382 e. The lowest BCUT2D eigenvalue weighted by atomic mass is 9.87. The van der Waals surface area contributed by atoms with Gasteiger partial charge in [-0.2, -0.15) is 0 Å². The topological polar surface area (TPSA) is 12.0 Å². The second-order valence-corrected chi connectivity index (χ2v) is 5.87. The van der Waals surface area contributed by atoms with E-state index >= 15 is 0 Å². The van der Waals surface area contributed by atoms with Gasteiger partial charge >= 0.3 is 0 Å². The molecule has 0 saturated heterocycles. The monoisotopic (exact) mass is 315 g/mol. The molecule has 1 N–H and O–H groups in total. The summed E-state index contributed by atoms with van der Waals surface area (Å²) >= 11 is 2.34. The minimum Gasteiger partial charge on any atom is -0.382 e. The Morgan fingerprint density at radius 1 is 1.20 bits per heavy atom. The lowest BCUT2D eigenvalue weighted by Gasteiger charge is -2.28. The molecule has 2 heteroatoms. The summed E-state index contributed by atoms with van der Waals surface area (Å²) in [5.74, 6) is 0.889. The molecule has 15 heavy (non-hydrogen) atoms. The van der Waals surface area contributed by atoms with Crippen molar-refractivity contribution >= 4 is 28.3 Å². The Hall–Kier alpha value is -0.250. The SMILES string of the molecule is CC1CCCC(Nc2ccc(I)cc2)C1. The van der Waals surface area contributed by atoms with Gasteiger partial charge in [-0.3, -0.25) is 0 Å². The molecule has 1 aliphatic carbocycles. The van der Waals surface area contributed by atoms with Crippen LogP contribution < -0.4 is 5.32 Å². The lowest BCUT2D eigenvalue weighted by molar-refractivity contribution is 0.358. The summed E-state index contributed by atoms with van der Waals surface area (Å²) in [5, 5.41) is 3.64. The maximum atomic E-state index is 3.64. The van der Waals surface area contributed by atoms with Crippen LogP contribution in [0.3, 0.4) is 0 Å². The molecule has 2 rings (SSSR count). The number of nitrogens with one attached hydrogen (secondary N) is 1. The number of halogens is 1. The van der Waals surface area contributed by atoms with Gasteiger partial charge in [0.25, 0.3) is 0 Å². The first-order chi connectivity index (χ1) is 7.24. The van der Waals surface area contributed by atoms with Crippen LogP contribution in [0.1, 0.15) is 32.6 Å². The summed E-state index contributed by atoms with van der Waals surface area (Å²) < 4.78 is 1.30. The van der Waals surface area contributed by atoms with Crippen LogP contribution in [-0.4, -0.2) is 6.04 Å². The van der Waals surface area contributed by atoms with Crippen LogP contribution >= 0.6 is 22.6 Å². The molecule has 2 atom stereocenters. The summed E-state index contributed by atoms with van der Waals surface area (Å²) in [6.45, 7) is 2.36. The highest BCUT2D eigenvalue weighted by molar-refractivity contribution is 14.1. The van der Waals surface area contributed by atoms with Crippen LogP contribution in [0.25, 0.3) is 0 Å². The van der Waals surface area contributed by atoms with E-state index in [0.717, 1.165) is 5.92 Å². The van der Waals surface area contributed by atoms with Crippen molar-refractivity contribution in [2.75, 3.05) is 5.32 Å². The van der Waals surface area contributed by atoms with Gasteiger partial charge in [0.05, 0.1) is 0 Å². The second kappa shape index (κ2) is 5.19. The van der Waals surface area contributed by atoms with Crippen molar-refractivity contribution in [3.05, 3.63) is 27.8 Å². The molecule has 1 aromatic rings. The van der Waals surface area contributed by atoms with Crippen molar-refractivity contribution in [1.29, 1.82) is 0 Å². The van der Waals surface area contributed by atoms with E-state index in [1.165, 1.54) is 34.9 Å². The molecule has 1 aromatic carbocycles. The Morgan fingerprint density at radius 3 is 2.60 bits per heavy atom. The van der Waals surface area contributed by atoms with E-state index in [0.29, 0.717) is 6.04 Å². The molecule has 1 aliphatic rings. The Morgan fingerprint density at radius 2 is 1.93 bits per heavy atom. The fraction of sp³-hybridized carbons (Fsp3) is 0.538. The third-order valence-corrected chi connectivity index (χ3v) is 3.87. The molecule has 1 saturated carbocycles. The lowest BCUT2D eigenvalue weighted by Crippen LogP contribution is -2.26. The van der Waals surface area contributed by atoms with Crippen LogP contribution in [-0.2, 0) is 0 Å². The number of benzene rings is 1. The van der Waals surface area contributed by atoms with Gasteiger partial charge in [-0.25, -0.2) is 0 Å². The highest BCUT2D eigenvalue weighted by Crippen LogP contribution is 2.26. The van der Waals surface area contributed by atoms with Crippen molar-refractivity contribution in [3.63, 3.8) is 0 Å². The molecule has 82 valence electrons. The van der Waals surface area contributed by atoms with Gasteiger partial charge in [0.15, 0.2) is 0 Å². The van der Waals surface area contributed by atoms with Crippen molar-refractivity contribution < 1.29 is 0 Å². The van der Waals surface area contributed by atoms with Gasteiger partial charge < -0.3 is 5.32 Å². The zero-order valence-corrected chi connectivity index (χ0v) is 11.3. The minimum atomic E-state index is 0.689. The van der Waals surface area contributed by atoms with E-state index in [1.807, 2.05) is 0 Å². The Balaban J connectivity index is 1.93. The van der Waals surface area contributed by atoms with E-state index in [4.69, 9.17) is 0 Å². The van der Waals surface area contributed by atoms with Crippen molar-refractivity contribution in [3.8, 4) is 0 Å². The van der Waals surface area contributed by atoms with Gasteiger partial charge in [0.2, 0.25) is 0 Å². The molecular weight excluding hydrogens is 297 g/mol. The first-order valence-corrected chi connectivity index (χ1v) is 6.84. The fourth-order valence-corrected chi connectivity index (χ4v) is 2.71. The Kier molecular flexibility index (Phi) is 3.89. The van der Waals surface area contributed by atoms with E-state index < -0.39 is 0 Å². The molecule has 0 amide bonds. The van der Waals surface area contributed by atoms with Crippen molar-refractivity contribution in [2.24, 2.45) is 5.92 Å². The summed E-state index contributed by atoms with van der Waals surface area (Å²) in [5.41, 5.74) is 1.27. The summed E-state index contributed by atoms with van der Waals surface area (Å²) in [4.78, 5) is 0. The number of rotatable bonds is 2. The van der Waals surface area contributed by atoms with Gasteiger partial charge in [0.1, 0.15) is 0 Å². The number of hydrogen-bond donors (Lipinski definition) is 1. The molecule has 0 aliphatic heterocycles. The van der Waals surface area contributed by atoms with Crippen molar-refractivity contribution in [2.45, 2.75) is 38.6 Å². The molecule has 2 unspecified atom stereocenters. The van der Waals surface area contributed by atoms with Crippen LogP contribution in [0, 0.1) is 9.49 Å². The maximum Gasteiger partial charge on any atom is 0.0343 e. The molecule has 0 aromatic heterocycles. The zero-order chi connectivity index (χ0) is 10.7. The molecule has 1 nitrogen and oxygen atoms in total. The minimum absolute atomic E-state index is 0.689. The van der Waals surface area contributed by atoms with Crippen LogP contribution in [0.4, 0.5) is 5.69 Å². The summed E-state index contributed by atoms with van der Waals surface area (Å²) in [6, 6.07) is 9.38. The molecule has 0 spiro atoms. The second-order valence-electron chi connectivity index (χ2n) is 4.62. The molecule has 0 heterocycles. The normalized spacial score (nSPS) is 26.3. The third-order valence-electron chi connectivity index (χ3n) is 3.15. The molecule has 1 fully saturated rings. The first-order valence-electron chi connectivity index (χ1n) is 5.76. The van der Waals surface area contributed by atoms with E-state index in [2.05, 4.69) is 59.1 Å². The average molecular weight is 315 g/mol. The van der Waals surface area contributed by atoms with E-state index in [9.17, 15) is 0 Å². The predicted molar refractivity (Wildman–Crippen MR) is 74.2 cm³/mol. The average Bonchev–Trinajstić information content (AvgIpc) is 2.22. The smallest absolute Gasteiger partial charge is 0.0343 e. The molecule has 0 bridgehead atoms. The van der Waals surface area contributed by atoms with E-state index in [1.54, 1.807) is 0 Å². The third kappa shape index (κ3) is 3.37. The van der Waals surface area contributed by atoms with Crippen LogP contribution in [0.5, 0.6) is 0 Å². The van der Waals surface area contributed by atoms with Gasteiger partial charge in [-0.15, -0.1) is 0 Å². The van der Waals surface area contributed by atoms with Gasteiger partial charge in [-0.1, -0.05) is 19.8 Å². The first kappa shape index (κ1) is 11.2. The predicted octanol–water partition coefficient (Wildman–Crippen LogP) is 4.28. The van der Waals surface area contributed by atoms with E-state index in [-0.39, 0.29) is 0 Å². The Bertz CT molecular complexity index is 307. The quantitative estimate of drug-likeness (QED) is 0.803. The molecule has 0 radical (unpaired) electrons. The van der Waals surface area contributed by atoms with Gasteiger partial charge in [-0.05, 0) is 65.6 Å². The van der Waals surface area contributed by atoms with Crippen LogP contribution in [0.15, 0.2) is 24.3 Å². The highest BCUT2D eigenvalue weighted by atomic mass is 127. The highest BCUT2D eigenvalue weighted by Gasteiger charge is 2.18. The number of hydrogen-bond acceptors (Lipinski definition) is 1. The standard InChI is InChI=1S/C13H18IN/c1-10-3-2-4-13(9-10)15-12-7-5-11(14)6-8-12/h5-8,10,13,15H,2-4,9H2,1H3. The summed E-state index contributed by atoms with van der Waals surface area (Å²) in [6.07, 6.45) is 5.44. The maximum absolute atomic E-state index is 3.64. The van der Waals surface area contributed by atoms with Gasteiger partial charge in [0, 0.05) is 15.3 Å². The Labute approximate surface area is 106 Å². The van der Waals surface area contributed by atoms with Crippen LogP contribution in [0.2, 0.25) is 0 Å².